The molecule has 14 aromatic carbocycles. The van der Waals surface area contributed by atoms with Gasteiger partial charge >= 0.3 is 0 Å². The molecule has 0 bridgehead atoms. The molecule has 0 fully saturated rings. The van der Waals surface area contributed by atoms with E-state index < -0.39 is 18.9 Å². The summed E-state index contributed by atoms with van der Waals surface area (Å²) < 4.78 is 30.9. The summed E-state index contributed by atoms with van der Waals surface area (Å²) in [6.45, 7) is 8.22. The molecule has 1 heterocycles. The van der Waals surface area contributed by atoms with Gasteiger partial charge in [-0.25, -0.2) is 8.78 Å². The Balaban J connectivity index is 0.904. The highest BCUT2D eigenvalue weighted by atomic mass is 28.3. The molecule has 0 aromatic heterocycles. The van der Waals surface area contributed by atoms with E-state index in [-0.39, 0.29) is 11.6 Å². The highest BCUT2D eigenvalue weighted by Crippen LogP contribution is 2.59. The van der Waals surface area contributed by atoms with Crippen molar-refractivity contribution in [3.8, 4) is 33.4 Å². The van der Waals surface area contributed by atoms with Crippen LogP contribution in [0.4, 0.5) is 42.9 Å². The van der Waals surface area contributed by atoms with Gasteiger partial charge < -0.3 is 9.80 Å². The highest BCUT2D eigenvalue weighted by Gasteiger charge is 2.51. The van der Waals surface area contributed by atoms with Crippen LogP contribution in [0.3, 0.4) is 0 Å². The first-order valence-corrected chi connectivity index (χ1v) is 34.4. The fraction of sp³-hybridized carbons (Fsp3) is 0.0222. The summed E-state index contributed by atoms with van der Waals surface area (Å²) in [6, 6.07) is 121. The van der Waals surface area contributed by atoms with Gasteiger partial charge in [-0.15, -0.1) is 0 Å². The predicted octanol–water partition coefficient (Wildman–Crippen LogP) is 20.3. The van der Waals surface area contributed by atoms with E-state index in [1.807, 2.05) is 36.4 Å². The van der Waals surface area contributed by atoms with Gasteiger partial charge in [-0.3, -0.25) is 0 Å². The molecule has 450 valence electrons. The molecule has 0 saturated heterocycles. The normalized spacial score (nSPS) is 15.7. The second-order valence-electron chi connectivity index (χ2n) is 25.0. The molecule has 14 aromatic rings. The van der Waals surface area contributed by atoms with Crippen LogP contribution in [0.5, 0.6) is 0 Å². The quantitative estimate of drug-likeness (QED) is 0.100. The summed E-state index contributed by atoms with van der Waals surface area (Å²) in [5.74, 6) is -0.625. The fourth-order valence-corrected chi connectivity index (χ4v) is 21.5. The first kappa shape index (κ1) is 57.2. The van der Waals surface area contributed by atoms with Crippen molar-refractivity contribution in [2.75, 3.05) is 9.80 Å². The van der Waals surface area contributed by atoms with Crippen LogP contribution in [0.15, 0.2) is 353 Å². The monoisotopic (exact) mass is 1240 g/mol. The third-order valence-corrected chi connectivity index (χ3v) is 25.2. The Hall–Kier alpha value is -11.8. The third-order valence-electron chi connectivity index (χ3n) is 20.3. The lowest BCUT2D eigenvalue weighted by atomic mass is 9.67. The molecular weight excluding hydrogens is 1180 g/mol. The van der Waals surface area contributed by atoms with E-state index in [4.69, 9.17) is 0 Å². The topological polar surface area (TPSA) is 6.48 Å². The molecule has 0 radical (unpaired) electrons. The molecule has 2 nitrogen and oxygen atoms in total. The number of hydrogen-bond acceptors (Lipinski definition) is 2. The minimum Gasteiger partial charge on any atom is -0.310 e. The maximum Gasteiger partial charge on any atom is 0.180 e. The van der Waals surface area contributed by atoms with Gasteiger partial charge in [0.2, 0.25) is 0 Å². The van der Waals surface area contributed by atoms with Gasteiger partial charge in [0.25, 0.3) is 0 Å². The maximum absolute atomic E-state index is 15.4. The van der Waals surface area contributed by atoms with E-state index >= 15 is 8.78 Å². The molecule has 0 amide bonds. The lowest BCUT2D eigenvalue weighted by Gasteiger charge is -2.35. The number of rotatable bonds is 14. The third kappa shape index (κ3) is 8.73. The average Bonchev–Trinajstić information content (AvgIpc) is 1.57. The first-order chi connectivity index (χ1) is 46.8. The number of fused-ring (bicyclic) bond motifs is 9. The van der Waals surface area contributed by atoms with E-state index in [0.29, 0.717) is 0 Å². The number of halogens is 2. The lowest BCUT2D eigenvalue weighted by molar-refractivity contribution is 0.627. The summed E-state index contributed by atoms with van der Waals surface area (Å²) in [5, 5.41) is 5.06. The summed E-state index contributed by atoms with van der Waals surface area (Å²) in [6.07, 6.45) is 3.79. The van der Waals surface area contributed by atoms with Crippen molar-refractivity contribution in [3.63, 3.8) is 0 Å². The van der Waals surface area contributed by atoms with Crippen LogP contribution in [0, 0.1) is 11.6 Å². The van der Waals surface area contributed by atoms with E-state index in [9.17, 15) is 0 Å². The second kappa shape index (κ2) is 22.8. The number of anilines is 6. The molecule has 95 heavy (non-hydrogen) atoms. The number of nitrogens with zero attached hydrogens (tertiary/aromatic N) is 2. The minimum absolute atomic E-state index is 0.312. The Morgan fingerprint density at radius 2 is 0.568 bits per heavy atom. The van der Waals surface area contributed by atoms with Crippen LogP contribution in [-0.4, -0.2) is 8.07 Å². The van der Waals surface area contributed by atoms with Crippen molar-refractivity contribution in [3.05, 3.63) is 420 Å². The van der Waals surface area contributed by atoms with Crippen molar-refractivity contribution in [2.45, 2.75) is 10.8 Å². The minimum atomic E-state index is -3.12. The number of benzene rings is 14. The zero-order chi connectivity index (χ0) is 63.8. The molecule has 1 aliphatic heterocycles. The van der Waals surface area contributed by atoms with Crippen molar-refractivity contribution in [2.24, 2.45) is 0 Å². The summed E-state index contributed by atoms with van der Waals surface area (Å²) in [5.41, 5.74) is 22.2. The van der Waals surface area contributed by atoms with Gasteiger partial charge in [0.15, 0.2) is 8.07 Å². The zero-order valence-electron chi connectivity index (χ0n) is 52.1. The van der Waals surface area contributed by atoms with Crippen LogP contribution in [0.1, 0.15) is 55.6 Å². The molecule has 3 aliphatic rings. The maximum atomic E-state index is 15.4. The predicted molar refractivity (Wildman–Crippen MR) is 393 cm³/mol. The van der Waals surface area contributed by atoms with E-state index in [1.165, 1.54) is 43.0 Å². The van der Waals surface area contributed by atoms with E-state index in [2.05, 4.69) is 314 Å². The van der Waals surface area contributed by atoms with Crippen LogP contribution in [-0.2, 0) is 10.8 Å². The summed E-state index contributed by atoms with van der Waals surface area (Å²) in [4.78, 5) is 4.60. The molecule has 2 atom stereocenters. The number of hydrogen-bond donors (Lipinski definition) is 0. The standard InChI is InChI=1S/C90H62F2N2Si/c1-3-61-33-37-65(38-34-61)89(63-21-9-5-10-22-63)83-31-19-17-29-77(83)79-53-49-73(59-85(79)89)93(69-45-41-67(91)42-46-69)71-51-55-87-81(57-71)82-58-72(52-56-88(82)95(87,75-25-13-7-14-26-75)76-27-15-8-16-28-76)94(70-47-43-68(92)44-48-70)74-50-54-80-78-30-18-20-32-84(78)90(86(80)60-74,64-23-11-6-12-24-64)66-39-35-62(4-2)36-40-66/h3-60H,1-2H2. The van der Waals surface area contributed by atoms with Gasteiger partial charge in [0.1, 0.15) is 11.6 Å². The summed E-state index contributed by atoms with van der Waals surface area (Å²) >= 11 is 0. The van der Waals surface area contributed by atoms with Crippen molar-refractivity contribution in [1.82, 2.24) is 0 Å². The molecule has 2 aliphatic carbocycles. The fourth-order valence-electron chi connectivity index (χ4n) is 16.3. The Kier molecular flexibility index (Phi) is 13.7. The Bertz CT molecular complexity index is 4950. The van der Waals surface area contributed by atoms with Crippen molar-refractivity contribution in [1.29, 1.82) is 0 Å². The van der Waals surface area contributed by atoms with E-state index in [0.717, 1.165) is 101 Å². The molecule has 0 N–H and O–H groups in total. The SMILES string of the molecule is C=Cc1ccc(C2(c3ccccc3)c3ccccc3-c3ccc(N(c4ccc(F)cc4)c4ccc5c(c4)-c4cc(N(c6ccc(F)cc6)c6ccc7c(c6)C(c6ccccc6)(c6ccc(C=C)cc6)c6ccccc6-7)ccc4[Si]5(c4ccccc4)c4ccccc4)cc32)cc1. The largest absolute Gasteiger partial charge is 0.310 e. The lowest BCUT2D eigenvalue weighted by Crippen LogP contribution is -2.72. The molecule has 0 saturated carbocycles. The zero-order valence-corrected chi connectivity index (χ0v) is 53.1. The average molecular weight is 1240 g/mol. The van der Waals surface area contributed by atoms with Crippen LogP contribution < -0.4 is 30.5 Å². The van der Waals surface area contributed by atoms with Gasteiger partial charge in [-0.1, -0.05) is 268 Å². The Labute approximate surface area is 554 Å². The summed E-state index contributed by atoms with van der Waals surface area (Å²) in [7, 11) is -3.12. The van der Waals surface area contributed by atoms with Gasteiger partial charge in [-0.2, -0.15) is 0 Å². The Morgan fingerprint density at radius 1 is 0.263 bits per heavy atom. The molecule has 0 spiro atoms. The van der Waals surface area contributed by atoms with Crippen molar-refractivity contribution < 1.29 is 8.78 Å². The van der Waals surface area contributed by atoms with Crippen LogP contribution in [0.25, 0.3) is 45.5 Å². The van der Waals surface area contributed by atoms with Crippen LogP contribution >= 0.6 is 0 Å². The molecule has 5 heteroatoms. The van der Waals surface area contributed by atoms with Gasteiger partial charge in [-0.05, 0) is 207 Å². The van der Waals surface area contributed by atoms with Gasteiger partial charge in [0, 0.05) is 34.1 Å². The Morgan fingerprint density at radius 3 is 0.947 bits per heavy atom. The molecule has 2 unspecified atom stereocenters. The van der Waals surface area contributed by atoms with E-state index in [1.54, 1.807) is 24.3 Å². The smallest absolute Gasteiger partial charge is 0.180 e. The van der Waals surface area contributed by atoms with Gasteiger partial charge in [0.05, 0.1) is 10.8 Å². The first-order valence-electron chi connectivity index (χ1n) is 32.4. The van der Waals surface area contributed by atoms with Crippen LogP contribution in [0.2, 0.25) is 0 Å². The second-order valence-corrected chi connectivity index (χ2v) is 28.7. The highest BCUT2D eigenvalue weighted by molar-refractivity contribution is 7.22. The van der Waals surface area contributed by atoms with Crippen molar-refractivity contribution >= 4 is 75.1 Å². The molecular formula is C90H62F2N2Si. The molecule has 17 rings (SSSR count).